The average Bonchev–Trinajstić information content (AvgIpc) is 3.52. The topological polar surface area (TPSA) is 92.2 Å². The monoisotopic (exact) mass is 436 g/mol. The molecule has 1 aliphatic carbocycles. The number of Topliss-reactive ketones (excluding diaryl/α,β-unsaturated/α-hetero) is 1. The SMILES string of the molecule is CCCCNc1nc(NC2=NCC(C)=C2)nc(Sc2ccc(CC(=O)C3CC3)cc2)n1. The van der Waals surface area contributed by atoms with Crippen LogP contribution < -0.4 is 10.6 Å². The molecule has 1 aromatic carbocycles. The first-order valence-corrected chi connectivity index (χ1v) is 11.7. The number of aliphatic imine (C=N–C) groups is 1. The van der Waals surface area contributed by atoms with E-state index in [1.807, 2.05) is 37.3 Å². The summed E-state index contributed by atoms with van der Waals surface area (Å²) in [5, 5.41) is 7.09. The van der Waals surface area contributed by atoms with Crippen molar-refractivity contribution in [3.63, 3.8) is 0 Å². The Bertz CT molecular complexity index is 998. The second kappa shape index (κ2) is 10.0. The van der Waals surface area contributed by atoms with Gasteiger partial charge in [-0.15, -0.1) is 0 Å². The number of carbonyl (C=O) groups is 1. The molecule has 162 valence electrons. The van der Waals surface area contributed by atoms with Crippen LogP contribution >= 0.6 is 11.8 Å². The van der Waals surface area contributed by atoms with E-state index in [9.17, 15) is 4.79 Å². The third-order valence-electron chi connectivity index (χ3n) is 5.09. The third kappa shape index (κ3) is 6.37. The first kappa shape index (κ1) is 21.5. The fraction of sp³-hybridized carbons (Fsp3) is 0.435. The number of nitrogens with one attached hydrogen (secondary N) is 2. The van der Waals surface area contributed by atoms with E-state index in [0.29, 0.717) is 41.7 Å². The number of hydrogen-bond acceptors (Lipinski definition) is 8. The van der Waals surface area contributed by atoms with Gasteiger partial charge in [-0.1, -0.05) is 25.5 Å². The molecule has 1 aliphatic heterocycles. The van der Waals surface area contributed by atoms with Crippen LogP contribution in [0.4, 0.5) is 11.9 Å². The molecule has 2 N–H and O–H groups in total. The summed E-state index contributed by atoms with van der Waals surface area (Å²) in [5.74, 6) is 2.46. The molecule has 0 spiro atoms. The van der Waals surface area contributed by atoms with E-state index < -0.39 is 0 Å². The van der Waals surface area contributed by atoms with Crippen LogP contribution in [0.1, 0.15) is 45.1 Å². The molecule has 1 fully saturated rings. The molecule has 0 atom stereocenters. The number of anilines is 2. The van der Waals surface area contributed by atoms with Crippen LogP contribution in [0.25, 0.3) is 0 Å². The molecule has 7 nitrogen and oxygen atoms in total. The van der Waals surface area contributed by atoms with Crippen LogP contribution in [-0.4, -0.2) is 39.7 Å². The lowest BCUT2D eigenvalue weighted by molar-refractivity contribution is -0.119. The zero-order valence-electron chi connectivity index (χ0n) is 18.0. The van der Waals surface area contributed by atoms with E-state index in [2.05, 4.69) is 37.5 Å². The van der Waals surface area contributed by atoms with Gasteiger partial charge in [0.05, 0.1) is 6.54 Å². The summed E-state index contributed by atoms with van der Waals surface area (Å²) in [7, 11) is 0. The highest BCUT2D eigenvalue weighted by Gasteiger charge is 2.29. The molecule has 0 bridgehead atoms. The summed E-state index contributed by atoms with van der Waals surface area (Å²) in [6.07, 6.45) is 6.78. The Kier molecular flexibility index (Phi) is 6.96. The smallest absolute Gasteiger partial charge is 0.234 e. The van der Waals surface area contributed by atoms with E-state index in [0.717, 1.165) is 48.5 Å². The van der Waals surface area contributed by atoms with E-state index >= 15 is 0 Å². The molecule has 2 heterocycles. The van der Waals surface area contributed by atoms with Gasteiger partial charge in [-0.25, -0.2) is 0 Å². The van der Waals surface area contributed by atoms with E-state index in [-0.39, 0.29) is 0 Å². The maximum Gasteiger partial charge on any atom is 0.234 e. The lowest BCUT2D eigenvalue weighted by Gasteiger charge is -2.09. The molecular formula is C23H28N6OS. The van der Waals surface area contributed by atoms with Crippen molar-refractivity contribution in [2.45, 2.75) is 56.0 Å². The number of amidine groups is 1. The number of benzene rings is 1. The fourth-order valence-electron chi connectivity index (χ4n) is 3.17. The van der Waals surface area contributed by atoms with Crippen LogP contribution in [0.5, 0.6) is 0 Å². The summed E-state index contributed by atoms with van der Waals surface area (Å²) in [6, 6.07) is 8.08. The second-order valence-electron chi connectivity index (χ2n) is 8.03. The number of carbonyl (C=O) groups excluding carboxylic acids is 1. The Morgan fingerprint density at radius 3 is 2.58 bits per heavy atom. The zero-order valence-corrected chi connectivity index (χ0v) is 18.8. The molecular weight excluding hydrogens is 408 g/mol. The van der Waals surface area contributed by atoms with Gasteiger partial charge in [0.25, 0.3) is 0 Å². The Morgan fingerprint density at radius 1 is 1.13 bits per heavy atom. The van der Waals surface area contributed by atoms with Crippen molar-refractivity contribution in [1.29, 1.82) is 0 Å². The van der Waals surface area contributed by atoms with E-state index in [4.69, 9.17) is 0 Å². The van der Waals surface area contributed by atoms with E-state index in [1.54, 1.807) is 0 Å². The summed E-state index contributed by atoms with van der Waals surface area (Å²) < 4.78 is 0. The van der Waals surface area contributed by atoms with Crippen molar-refractivity contribution in [2.24, 2.45) is 10.9 Å². The second-order valence-corrected chi connectivity index (χ2v) is 9.07. The van der Waals surface area contributed by atoms with Gasteiger partial charge < -0.3 is 10.6 Å². The summed E-state index contributed by atoms with van der Waals surface area (Å²) in [4.78, 5) is 31.1. The number of rotatable bonds is 10. The van der Waals surface area contributed by atoms with Gasteiger partial charge in [0.15, 0.2) is 5.16 Å². The molecule has 0 amide bonds. The lowest BCUT2D eigenvalue weighted by Crippen LogP contribution is -2.14. The minimum atomic E-state index is 0.298. The standard InChI is InChI=1S/C23H28N6OS/c1-3-4-11-24-21-27-22(26-20-12-15(2)14-25-20)29-23(28-21)31-18-9-5-16(6-10-18)13-19(30)17-7-8-17/h5-6,9-10,12,17H,3-4,7-8,11,13-14H2,1-2H3,(H2,24,25,26,27,28,29). The van der Waals surface area contributed by atoms with Crippen LogP contribution in [0, 0.1) is 5.92 Å². The summed E-state index contributed by atoms with van der Waals surface area (Å²) in [6.45, 7) is 5.71. The number of aromatic nitrogens is 3. The highest BCUT2D eigenvalue weighted by Crippen LogP contribution is 2.31. The van der Waals surface area contributed by atoms with Gasteiger partial charge in [-0.05, 0) is 67.3 Å². The number of unbranched alkanes of at least 4 members (excludes halogenated alkanes) is 1. The normalized spacial score (nSPS) is 15.4. The first-order valence-electron chi connectivity index (χ1n) is 10.9. The zero-order chi connectivity index (χ0) is 21.6. The highest BCUT2D eigenvalue weighted by molar-refractivity contribution is 7.99. The van der Waals surface area contributed by atoms with Crippen molar-refractivity contribution in [2.75, 3.05) is 23.7 Å². The van der Waals surface area contributed by atoms with Crippen molar-refractivity contribution >= 4 is 35.3 Å². The minimum Gasteiger partial charge on any atom is -0.354 e. The van der Waals surface area contributed by atoms with Gasteiger partial charge >= 0.3 is 0 Å². The molecule has 31 heavy (non-hydrogen) atoms. The third-order valence-corrected chi connectivity index (χ3v) is 5.97. The molecule has 0 saturated heterocycles. The largest absolute Gasteiger partial charge is 0.354 e. The van der Waals surface area contributed by atoms with Crippen LogP contribution in [0.2, 0.25) is 0 Å². The summed E-state index contributed by atoms with van der Waals surface area (Å²) in [5.41, 5.74) is 2.26. The number of ketones is 1. The number of hydrogen-bond donors (Lipinski definition) is 2. The molecule has 1 aromatic heterocycles. The Labute approximate surface area is 187 Å². The predicted octanol–water partition coefficient (Wildman–Crippen LogP) is 4.53. The Hall–Kier alpha value is -2.74. The minimum absolute atomic E-state index is 0.298. The van der Waals surface area contributed by atoms with Crippen molar-refractivity contribution in [3.8, 4) is 0 Å². The first-order chi connectivity index (χ1) is 15.1. The molecule has 2 aliphatic rings. The quantitative estimate of drug-likeness (QED) is 0.529. The molecule has 4 rings (SSSR count). The molecule has 8 heteroatoms. The Balaban J connectivity index is 1.46. The van der Waals surface area contributed by atoms with E-state index in [1.165, 1.54) is 17.3 Å². The maximum absolute atomic E-state index is 12.0. The van der Waals surface area contributed by atoms with Gasteiger partial charge in [0, 0.05) is 23.8 Å². The lowest BCUT2D eigenvalue weighted by atomic mass is 10.1. The van der Waals surface area contributed by atoms with Crippen molar-refractivity contribution in [1.82, 2.24) is 15.0 Å². The predicted molar refractivity (Wildman–Crippen MR) is 125 cm³/mol. The van der Waals surface area contributed by atoms with Crippen molar-refractivity contribution < 1.29 is 4.79 Å². The van der Waals surface area contributed by atoms with Crippen LogP contribution in [0.15, 0.2) is 51.0 Å². The highest BCUT2D eigenvalue weighted by atomic mass is 32.2. The Morgan fingerprint density at radius 2 is 1.90 bits per heavy atom. The maximum atomic E-state index is 12.0. The fourth-order valence-corrected chi connectivity index (χ4v) is 3.92. The van der Waals surface area contributed by atoms with Gasteiger partial charge in [-0.3, -0.25) is 9.79 Å². The molecule has 0 unspecified atom stereocenters. The van der Waals surface area contributed by atoms with Gasteiger partial charge in [-0.2, -0.15) is 15.0 Å². The average molecular weight is 437 g/mol. The van der Waals surface area contributed by atoms with Gasteiger partial charge in [0.1, 0.15) is 11.6 Å². The molecule has 2 aromatic rings. The summed E-state index contributed by atoms with van der Waals surface area (Å²) >= 11 is 1.48. The molecule has 1 saturated carbocycles. The number of nitrogens with zero attached hydrogens (tertiary/aromatic N) is 4. The van der Waals surface area contributed by atoms with Crippen LogP contribution in [-0.2, 0) is 11.2 Å². The van der Waals surface area contributed by atoms with Crippen LogP contribution in [0.3, 0.4) is 0 Å². The molecule has 0 radical (unpaired) electrons. The van der Waals surface area contributed by atoms with Gasteiger partial charge in [0.2, 0.25) is 11.9 Å². The van der Waals surface area contributed by atoms with Crippen molar-refractivity contribution in [3.05, 3.63) is 41.5 Å².